The Morgan fingerprint density at radius 1 is 0.463 bits per heavy atom. The number of benzene rings is 5. The lowest BCUT2D eigenvalue weighted by Crippen LogP contribution is -2.01. The van der Waals surface area contributed by atoms with Crippen LogP contribution in [0.3, 0.4) is 0 Å². The fourth-order valence-corrected chi connectivity index (χ4v) is 7.76. The van der Waals surface area contributed by atoms with Gasteiger partial charge in [-0.1, -0.05) is 103 Å². The average molecular weight is 539 g/mol. The second kappa shape index (κ2) is 8.69. The van der Waals surface area contributed by atoms with Crippen LogP contribution in [0.25, 0.3) is 87.0 Å². The molecule has 190 valence electrons. The van der Waals surface area contributed by atoms with E-state index in [0.29, 0.717) is 0 Å². The van der Waals surface area contributed by atoms with E-state index in [0.717, 1.165) is 27.9 Å². The van der Waals surface area contributed by atoms with Gasteiger partial charge in [0.15, 0.2) is 5.65 Å². The Morgan fingerprint density at radius 3 is 1.98 bits per heavy atom. The van der Waals surface area contributed by atoms with Crippen LogP contribution >= 0.6 is 11.3 Å². The van der Waals surface area contributed by atoms with Gasteiger partial charge >= 0.3 is 0 Å². The van der Waals surface area contributed by atoms with Crippen molar-refractivity contribution in [2.45, 2.75) is 0 Å². The maximum Gasteiger partial charge on any atom is 0.159 e. The molecule has 9 rings (SSSR count). The van der Waals surface area contributed by atoms with Crippen molar-refractivity contribution in [3.05, 3.63) is 134 Å². The van der Waals surface area contributed by atoms with Gasteiger partial charge in [-0.25, -0.2) is 9.97 Å². The number of nitrogens with zero attached hydrogens (tertiary/aromatic N) is 2. The van der Waals surface area contributed by atoms with Crippen molar-refractivity contribution in [2.75, 3.05) is 0 Å². The van der Waals surface area contributed by atoms with Gasteiger partial charge in [0, 0.05) is 48.4 Å². The minimum Gasteiger partial charge on any atom is -0.237 e. The summed E-state index contributed by atoms with van der Waals surface area (Å²) in [6.07, 6.45) is 1.82. The lowest BCUT2D eigenvalue weighted by Gasteiger charge is -2.25. The van der Waals surface area contributed by atoms with E-state index in [2.05, 4.69) is 126 Å². The molecule has 41 heavy (non-hydrogen) atoms. The quantitative estimate of drug-likeness (QED) is 0.208. The molecule has 1 aliphatic rings. The summed E-state index contributed by atoms with van der Waals surface area (Å²) in [6, 6.07) is 46.1. The highest BCUT2D eigenvalue weighted by molar-refractivity contribution is 7.26. The summed E-state index contributed by atoms with van der Waals surface area (Å²) in [4.78, 5) is 9.77. The number of hydrogen-bond acceptors (Lipinski definition) is 3. The van der Waals surface area contributed by atoms with E-state index >= 15 is 0 Å². The summed E-state index contributed by atoms with van der Waals surface area (Å²) in [7, 11) is 0. The molecule has 3 aromatic heterocycles. The van der Waals surface area contributed by atoms with Crippen molar-refractivity contribution in [2.24, 2.45) is 0 Å². The van der Waals surface area contributed by atoms with E-state index in [1.165, 1.54) is 59.1 Å². The first-order valence-electron chi connectivity index (χ1n) is 13.8. The lowest BCUT2D eigenvalue weighted by molar-refractivity contribution is 1.29. The third-order valence-electron chi connectivity index (χ3n) is 8.31. The number of hydrogen-bond donors (Lipinski definition) is 0. The Kier molecular flexibility index (Phi) is 4.80. The van der Waals surface area contributed by atoms with Crippen molar-refractivity contribution in [3.63, 3.8) is 0 Å². The summed E-state index contributed by atoms with van der Waals surface area (Å²) < 4.78 is 2.65. The minimum atomic E-state index is 0.768. The van der Waals surface area contributed by atoms with Crippen LogP contribution in [0, 0.1) is 0 Å². The fraction of sp³-hybridized carbons (Fsp3) is 0. The molecule has 8 aromatic rings. The molecule has 5 aromatic carbocycles. The first-order chi connectivity index (χ1) is 20.3. The smallest absolute Gasteiger partial charge is 0.159 e. The van der Waals surface area contributed by atoms with E-state index in [4.69, 9.17) is 4.98 Å². The van der Waals surface area contributed by atoms with Crippen LogP contribution in [-0.2, 0) is 0 Å². The Labute approximate surface area is 241 Å². The lowest BCUT2D eigenvalue weighted by atomic mass is 9.79. The van der Waals surface area contributed by atoms with Crippen LogP contribution in [0.2, 0.25) is 0 Å². The SMILES string of the molecule is c1ccc2c(c1)-c1cccc(-c3cccc4c3sc3ccccc34)c1-c1ccccc1-c1cc3cccnc3nc1-2. The molecule has 0 spiro atoms. The van der Waals surface area contributed by atoms with Gasteiger partial charge in [-0.2, -0.15) is 0 Å². The number of fused-ring (bicyclic) bond motifs is 12. The fourth-order valence-electron chi connectivity index (χ4n) is 6.53. The highest BCUT2D eigenvalue weighted by Crippen LogP contribution is 2.51. The zero-order valence-corrected chi connectivity index (χ0v) is 22.8. The predicted molar refractivity (Wildman–Crippen MR) is 173 cm³/mol. The summed E-state index contributed by atoms with van der Waals surface area (Å²) in [5.74, 6) is 0. The van der Waals surface area contributed by atoms with Crippen LogP contribution in [0.5, 0.6) is 0 Å². The van der Waals surface area contributed by atoms with Gasteiger partial charge in [0.2, 0.25) is 0 Å². The van der Waals surface area contributed by atoms with Gasteiger partial charge in [-0.15, -0.1) is 11.3 Å². The third-order valence-corrected chi connectivity index (χ3v) is 9.53. The van der Waals surface area contributed by atoms with Crippen molar-refractivity contribution in [3.8, 4) is 55.8 Å². The first kappa shape index (κ1) is 22.7. The van der Waals surface area contributed by atoms with Crippen molar-refractivity contribution in [1.29, 1.82) is 0 Å². The van der Waals surface area contributed by atoms with Crippen LogP contribution in [0.1, 0.15) is 0 Å². The molecule has 0 saturated carbocycles. The van der Waals surface area contributed by atoms with Crippen LogP contribution in [-0.4, -0.2) is 9.97 Å². The summed E-state index contributed by atoms with van der Waals surface area (Å²) in [5.41, 5.74) is 12.6. The van der Waals surface area contributed by atoms with Gasteiger partial charge in [-0.05, 0) is 57.6 Å². The predicted octanol–water partition coefficient (Wildman–Crippen LogP) is 10.6. The Bertz CT molecular complexity index is 2330. The van der Waals surface area contributed by atoms with Gasteiger partial charge in [-0.3, -0.25) is 0 Å². The normalized spacial score (nSPS) is 11.9. The van der Waals surface area contributed by atoms with Crippen molar-refractivity contribution < 1.29 is 0 Å². The number of rotatable bonds is 1. The molecular formula is C38H22N2S. The Morgan fingerprint density at radius 2 is 1.10 bits per heavy atom. The summed E-state index contributed by atoms with van der Waals surface area (Å²) in [5, 5.41) is 3.68. The van der Waals surface area contributed by atoms with E-state index in [1.54, 1.807) is 0 Å². The van der Waals surface area contributed by atoms with Crippen LogP contribution in [0.15, 0.2) is 134 Å². The molecular weight excluding hydrogens is 516 g/mol. The molecule has 0 aliphatic heterocycles. The van der Waals surface area contributed by atoms with Crippen molar-refractivity contribution in [1.82, 2.24) is 9.97 Å². The Hall–Kier alpha value is -5.12. The van der Waals surface area contributed by atoms with Crippen molar-refractivity contribution >= 4 is 42.5 Å². The van der Waals surface area contributed by atoms with E-state index in [1.807, 2.05) is 23.6 Å². The van der Waals surface area contributed by atoms with Gasteiger partial charge in [0.25, 0.3) is 0 Å². The standard InChI is InChI=1S/C38H22N2S/c1-3-14-27-25(12-1)33-22-23-10-9-21-39-38(23)40-36(33)30-15-4-2-11-24(30)28-16-7-17-29(35(27)28)32-19-8-18-31-26-13-5-6-20-34(26)41-37(31)32/h1-22H. The molecule has 0 bridgehead atoms. The zero-order chi connectivity index (χ0) is 26.9. The first-order valence-corrected chi connectivity index (χ1v) is 14.7. The highest BCUT2D eigenvalue weighted by Gasteiger charge is 2.26. The van der Waals surface area contributed by atoms with Gasteiger partial charge in [0.1, 0.15) is 0 Å². The van der Waals surface area contributed by atoms with Crippen LogP contribution in [0.4, 0.5) is 0 Å². The maximum absolute atomic E-state index is 5.17. The third kappa shape index (κ3) is 3.30. The molecule has 0 N–H and O–H groups in total. The molecule has 0 unspecified atom stereocenters. The molecule has 1 aliphatic carbocycles. The molecule has 0 fully saturated rings. The largest absolute Gasteiger partial charge is 0.237 e. The topological polar surface area (TPSA) is 25.8 Å². The number of aromatic nitrogens is 2. The monoisotopic (exact) mass is 538 g/mol. The molecule has 0 radical (unpaired) electrons. The second-order valence-corrected chi connectivity index (χ2v) is 11.6. The van der Waals surface area contributed by atoms with E-state index in [-0.39, 0.29) is 0 Å². The van der Waals surface area contributed by atoms with E-state index in [9.17, 15) is 0 Å². The number of thiophene rings is 1. The summed E-state index contributed by atoms with van der Waals surface area (Å²) >= 11 is 1.88. The number of pyridine rings is 2. The molecule has 3 heteroatoms. The minimum absolute atomic E-state index is 0.768. The van der Waals surface area contributed by atoms with Gasteiger partial charge < -0.3 is 0 Å². The molecule has 0 amide bonds. The molecule has 0 saturated heterocycles. The second-order valence-electron chi connectivity index (χ2n) is 10.5. The average Bonchev–Trinajstić information content (AvgIpc) is 3.42. The van der Waals surface area contributed by atoms with E-state index < -0.39 is 0 Å². The zero-order valence-electron chi connectivity index (χ0n) is 22.0. The molecule has 3 heterocycles. The highest BCUT2D eigenvalue weighted by atomic mass is 32.1. The Balaban J connectivity index is 1.44. The maximum atomic E-state index is 5.17. The summed E-state index contributed by atoms with van der Waals surface area (Å²) in [6.45, 7) is 0. The molecule has 0 atom stereocenters. The van der Waals surface area contributed by atoms with Gasteiger partial charge in [0.05, 0.1) is 5.69 Å². The molecule has 2 nitrogen and oxygen atoms in total. The van der Waals surface area contributed by atoms with Crippen LogP contribution < -0.4 is 0 Å².